The second kappa shape index (κ2) is 5.24. The van der Waals surface area contributed by atoms with Crippen molar-refractivity contribution in [3.8, 4) is 6.07 Å². The highest BCUT2D eigenvalue weighted by Crippen LogP contribution is 2.19. The molecule has 4 heteroatoms. The molecule has 0 N–H and O–H groups in total. The van der Waals surface area contributed by atoms with Crippen molar-refractivity contribution in [1.29, 1.82) is 5.26 Å². The molecule has 88 valence electrons. The van der Waals surface area contributed by atoms with Crippen LogP contribution in [0.1, 0.15) is 22.8 Å². The molecule has 3 nitrogen and oxygen atoms in total. The molecular formula is C13H14N2OS. The summed E-state index contributed by atoms with van der Waals surface area (Å²) in [5.41, 5.74) is 1.15. The first-order valence-corrected chi connectivity index (χ1v) is 6.76. The van der Waals surface area contributed by atoms with Crippen LogP contribution >= 0.6 is 11.8 Å². The lowest BCUT2D eigenvalue weighted by Crippen LogP contribution is -2.44. The number of nitrogens with zero attached hydrogens (tertiary/aromatic N) is 2. The third-order valence-corrected chi connectivity index (χ3v) is 4.06. The van der Waals surface area contributed by atoms with Crippen LogP contribution in [0.5, 0.6) is 0 Å². The molecule has 0 spiro atoms. The summed E-state index contributed by atoms with van der Waals surface area (Å²) in [5, 5.41) is 8.83. The van der Waals surface area contributed by atoms with E-state index in [0.717, 1.165) is 18.1 Å². The summed E-state index contributed by atoms with van der Waals surface area (Å²) < 4.78 is 0. The number of amides is 1. The van der Waals surface area contributed by atoms with Gasteiger partial charge in [-0.25, -0.2) is 0 Å². The van der Waals surface area contributed by atoms with E-state index in [4.69, 9.17) is 5.26 Å². The minimum absolute atomic E-state index is 0.0369. The van der Waals surface area contributed by atoms with E-state index >= 15 is 0 Å². The van der Waals surface area contributed by atoms with E-state index in [9.17, 15) is 4.79 Å². The van der Waals surface area contributed by atoms with Gasteiger partial charge in [0.25, 0.3) is 5.91 Å². The van der Waals surface area contributed by atoms with Crippen LogP contribution in [0.2, 0.25) is 0 Å². The van der Waals surface area contributed by atoms with Gasteiger partial charge in [-0.2, -0.15) is 17.0 Å². The van der Waals surface area contributed by atoms with E-state index in [1.54, 1.807) is 24.3 Å². The molecule has 1 saturated heterocycles. The fourth-order valence-electron chi connectivity index (χ4n) is 1.92. The zero-order valence-corrected chi connectivity index (χ0v) is 10.5. The largest absolute Gasteiger partial charge is 0.334 e. The second-order valence-corrected chi connectivity index (χ2v) is 5.26. The lowest BCUT2D eigenvalue weighted by atomic mass is 10.1. The average molecular weight is 246 g/mol. The Balaban J connectivity index is 2.21. The van der Waals surface area contributed by atoms with Crippen molar-refractivity contribution in [3.63, 3.8) is 0 Å². The molecule has 0 saturated carbocycles. The van der Waals surface area contributed by atoms with Crippen LogP contribution < -0.4 is 0 Å². The number of hydrogen-bond donors (Lipinski definition) is 0. The number of carbonyl (C=O) groups excluding carboxylic acids is 1. The summed E-state index contributed by atoms with van der Waals surface area (Å²) in [6, 6.07) is 9.24. The zero-order valence-electron chi connectivity index (χ0n) is 9.72. The van der Waals surface area contributed by atoms with E-state index in [-0.39, 0.29) is 11.9 Å². The van der Waals surface area contributed by atoms with E-state index < -0.39 is 0 Å². The third kappa shape index (κ3) is 2.62. The highest BCUT2D eigenvalue weighted by Gasteiger charge is 2.24. The highest BCUT2D eigenvalue weighted by atomic mass is 32.2. The quantitative estimate of drug-likeness (QED) is 0.762. The smallest absolute Gasteiger partial charge is 0.254 e. The van der Waals surface area contributed by atoms with Gasteiger partial charge in [0.05, 0.1) is 11.6 Å². The Labute approximate surface area is 105 Å². The normalized spacial score (nSPS) is 19.8. The first kappa shape index (κ1) is 12.0. The molecule has 0 aromatic heterocycles. The topological polar surface area (TPSA) is 44.1 Å². The molecule has 1 fully saturated rings. The van der Waals surface area contributed by atoms with Crippen molar-refractivity contribution < 1.29 is 4.79 Å². The molecule has 1 amide bonds. The third-order valence-electron chi connectivity index (χ3n) is 2.87. The predicted octanol–water partition coefficient (Wildman–Crippen LogP) is 2.14. The molecular weight excluding hydrogens is 232 g/mol. The monoisotopic (exact) mass is 246 g/mol. The lowest BCUT2D eigenvalue weighted by Gasteiger charge is -2.33. The first-order chi connectivity index (χ1) is 8.22. The highest BCUT2D eigenvalue weighted by molar-refractivity contribution is 7.99. The van der Waals surface area contributed by atoms with Crippen LogP contribution in [0.25, 0.3) is 0 Å². The summed E-state index contributed by atoms with van der Waals surface area (Å²) in [5.74, 6) is 2.02. The molecule has 1 aliphatic heterocycles. The van der Waals surface area contributed by atoms with Crippen LogP contribution in [0.3, 0.4) is 0 Å². The van der Waals surface area contributed by atoms with Crippen LogP contribution in [0, 0.1) is 11.3 Å². The molecule has 0 aliphatic carbocycles. The molecule has 1 aliphatic rings. The average Bonchev–Trinajstić information content (AvgIpc) is 2.38. The van der Waals surface area contributed by atoms with Gasteiger partial charge in [-0.05, 0) is 25.1 Å². The standard InChI is InChI=1S/C13H14N2OS/c1-10-9-17-6-5-15(10)13(16)12-4-2-3-11(7-12)8-14/h2-4,7,10H,5-6,9H2,1H3. The van der Waals surface area contributed by atoms with Gasteiger partial charge >= 0.3 is 0 Å². The molecule has 0 radical (unpaired) electrons. The molecule has 1 unspecified atom stereocenters. The summed E-state index contributed by atoms with van der Waals surface area (Å²) >= 11 is 1.88. The van der Waals surface area contributed by atoms with E-state index in [2.05, 4.69) is 13.0 Å². The van der Waals surface area contributed by atoms with Crippen molar-refractivity contribution in [2.75, 3.05) is 18.1 Å². The van der Waals surface area contributed by atoms with E-state index in [1.807, 2.05) is 16.7 Å². The molecule has 0 bridgehead atoms. The lowest BCUT2D eigenvalue weighted by molar-refractivity contribution is 0.0716. The van der Waals surface area contributed by atoms with Gasteiger partial charge in [0, 0.05) is 29.7 Å². The van der Waals surface area contributed by atoms with E-state index in [1.165, 1.54) is 0 Å². The van der Waals surface area contributed by atoms with Crippen LogP contribution in [0.4, 0.5) is 0 Å². The minimum Gasteiger partial charge on any atom is -0.334 e. The number of carbonyl (C=O) groups is 1. The SMILES string of the molecule is CC1CSCCN1C(=O)c1cccc(C#N)c1. The van der Waals surface area contributed by atoms with Crippen molar-refractivity contribution in [2.45, 2.75) is 13.0 Å². The van der Waals surface area contributed by atoms with Crippen molar-refractivity contribution in [2.24, 2.45) is 0 Å². The van der Waals surface area contributed by atoms with Gasteiger partial charge in [-0.3, -0.25) is 4.79 Å². The van der Waals surface area contributed by atoms with E-state index in [0.29, 0.717) is 11.1 Å². The molecule has 2 rings (SSSR count). The molecule has 1 heterocycles. The maximum atomic E-state index is 12.3. The van der Waals surface area contributed by atoms with Gasteiger partial charge in [0.1, 0.15) is 0 Å². The summed E-state index contributed by atoms with van der Waals surface area (Å²) in [7, 11) is 0. The fourth-order valence-corrected chi connectivity index (χ4v) is 2.93. The van der Waals surface area contributed by atoms with Crippen molar-refractivity contribution in [3.05, 3.63) is 35.4 Å². The number of benzene rings is 1. The van der Waals surface area contributed by atoms with Gasteiger partial charge in [0.2, 0.25) is 0 Å². The zero-order chi connectivity index (χ0) is 12.3. The summed E-state index contributed by atoms with van der Waals surface area (Å²) in [6.45, 7) is 2.86. The maximum absolute atomic E-state index is 12.3. The summed E-state index contributed by atoms with van der Waals surface area (Å²) in [4.78, 5) is 14.2. The number of hydrogen-bond acceptors (Lipinski definition) is 3. The van der Waals surface area contributed by atoms with Crippen LogP contribution in [-0.4, -0.2) is 34.9 Å². The molecule has 1 aromatic carbocycles. The molecule has 17 heavy (non-hydrogen) atoms. The summed E-state index contributed by atoms with van der Waals surface area (Å²) in [6.07, 6.45) is 0. The number of nitriles is 1. The number of rotatable bonds is 1. The molecule has 1 atom stereocenters. The van der Waals surface area contributed by atoms with Crippen LogP contribution in [-0.2, 0) is 0 Å². The Morgan fingerprint density at radius 3 is 3.12 bits per heavy atom. The maximum Gasteiger partial charge on any atom is 0.254 e. The van der Waals surface area contributed by atoms with Gasteiger partial charge in [-0.15, -0.1) is 0 Å². The Kier molecular flexibility index (Phi) is 3.70. The Bertz CT molecular complexity index is 467. The minimum atomic E-state index is 0.0369. The van der Waals surface area contributed by atoms with Crippen molar-refractivity contribution in [1.82, 2.24) is 4.90 Å². The molecule has 1 aromatic rings. The fraction of sp³-hybridized carbons (Fsp3) is 0.385. The first-order valence-electron chi connectivity index (χ1n) is 5.61. The predicted molar refractivity (Wildman–Crippen MR) is 69.0 cm³/mol. The van der Waals surface area contributed by atoms with Crippen LogP contribution in [0.15, 0.2) is 24.3 Å². The Hall–Kier alpha value is -1.47. The Morgan fingerprint density at radius 1 is 1.59 bits per heavy atom. The van der Waals surface area contributed by atoms with Crippen molar-refractivity contribution >= 4 is 17.7 Å². The van der Waals surface area contributed by atoms with Gasteiger partial charge in [0.15, 0.2) is 0 Å². The Morgan fingerprint density at radius 2 is 2.41 bits per heavy atom. The second-order valence-electron chi connectivity index (χ2n) is 4.12. The van der Waals surface area contributed by atoms with Gasteiger partial charge < -0.3 is 4.90 Å². The number of thioether (sulfide) groups is 1. The van der Waals surface area contributed by atoms with Gasteiger partial charge in [-0.1, -0.05) is 6.07 Å².